The van der Waals surface area contributed by atoms with Crippen molar-refractivity contribution in [2.45, 2.75) is 45.7 Å². The average Bonchev–Trinajstić information content (AvgIpc) is 3.42. The molecular formula is C34H32N4O4. The third-order valence-corrected chi connectivity index (χ3v) is 7.99. The van der Waals surface area contributed by atoms with Crippen LogP contribution in [0.5, 0.6) is 0 Å². The van der Waals surface area contributed by atoms with Crippen molar-refractivity contribution in [3.05, 3.63) is 117 Å². The first kappa shape index (κ1) is 27.3. The number of allylic oxidation sites excluding steroid dienone is 1. The fourth-order valence-electron chi connectivity index (χ4n) is 5.96. The molecule has 2 atom stereocenters. The van der Waals surface area contributed by atoms with Gasteiger partial charge in [-0.3, -0.25) is 9.59 Å². The zero-order chi connectivity index (χ0) is 29.2. The van der Waals surface area contributed by atoms with E-state index in [-0.39, 0.29) is 17.5 Å². The van der Waals surface area contributed by atoms with Gasteiger partial charge in [-0.1, -0.05) is 60.7 Å². The smallest absolute Gasteiger partial charge is 0.344 e. The number of hydrogen-bond acceptors (Lipinski definition) is 6. The minimum atomic E-state index is -0.844. The van der Waals surface area contributed by atoms with E-state index in [4.69, 9.17) is 9.84 Å². The van der Waals surface area contributed by atoms with Gasteiger partial charge < -0.3 is 9.30 Å². The largest absolute Gasteiger partial charge is 0.452 e. The molecule has 1 fully saturated rings. The van der Waals surface area contributed by atoms with Crippen LogP contribution in [0.15, 0.2) is 94.5 Å². The van der Waals surface area contributed by atoms with E-state index < -0.39 is 23.9 Å². The second-order valence-corrected chi connectivity index (χ2v) is 10.7. The van der Waals surface area contributed by atoms with E-state index >= 15 is 0 Å². The number of esters is 1. The van der Waals surface area contributed by atoms with Gasteiger partial charge in [-0.15, -0.1) is 0 Å². The van der Waals surface area contributed by atoms with Gasteiger partial charge in [0.05, 0.1) is 17.1 Å². The molecule has 1 aliphatic carbocycles. The van der Waals surface area contributed by atoms with Crippen molar-refractivity contribution in [2.24, 2.45) is 11.0 Å². The van der Waals surface area contributed by atoms with E-state index in [2.05, 4.69) is 23.2 Å². The van der Waals surface area contributed by atoms with Crippen molar-refractivity contribution in [2.75, 3.05) is 6.61 Å². The Morgan fingerprint density at radius 1 is 1.02 bits per heavy atom. The van der Waals surface area contributed by atoms with Crippen LogP contribution in [0.3, 0.4) is 0 Å². The standard InChI is InChI=1S/C34H32N4O4/c1-3-37-20-28(32(40)27-18-17-22(2)35-33(27)37)34(41)42-21-29(39)38-31(24-13-8-5-9-14-24)26-16-10-15-25(30(26)36-38)19-23-11-6-4-7-12-23/h4-9,11-14,17-20,26,31H,3,10,15-16,21H2,1-2H3/b25-19+/t26-,31-/m1/s1. The van der Waals surface area contributed by atoms with Crippen molar-refractivity contribution in [3.8, 4) is 0 Å². The van der Waals surface area contributed by atoms with Crippen LogP contribution in [-0.4, -0.2) is 38.8 Å². The number of amides is 1. The third kappa shape index (κ3) is 5.16. The zero-order valence-corrected chi connectivity index (χ0v) is 23.7. The second kappa shape index (κ2) is 11.6. The van der Waals surface area contributed by atoms with Gasteiger partial charge in [-0.05, 0) is 68.0 Å². The highest BCUT2D eigenvalue weighted by molar-refractivity contribution is 6.08. The summed E-state index contributed by atoms with van der Waals surface area (Å²) in [5.74, 6) is -1.25. The molecule has 0 spiro atoms. The van der Waals surface area contributed by atoms with Crippen LogP contribution in [0.1, 0.15) is 59.4 Å². The first-order valence-electron chi connectivity index (χ1n) is 14.3. The fourth-order valence-corrected chi connectivity index (χ4v) is 5.96. The van der Waals surface area contributed by atoms with Crippen LogP contribution < -0.4 is 5.43 Å². The van der Waals surface area contributed by atoms with Crippen molar-refractivity contribution in [1.82, 2.24) is 14.6 Å². The number of carbonyl (C=O) groups is 2. The highest BCUT2D eigenvalue weighted by Crippen LogP contribution is 2.44. The lowest BCUT2D eigenvalue weighted by molar-refractivity contribution is -0.137. The normalized spacial score (nSPS) is 19.0. The summed E-state index contributed by atoms with van der Waals surface area (Å²) in [7, 11) is 0. The quantitative estimate of drug-likeness (QED) is 0.282. The van der Waals surface area contributed by atoms with E-state index in [9.17, 15) is 14.4 Å². The predicted octanol–water partition coefficient (Wildman–Crippen LogP) is 5.70. The summed E-state index contributed by atoms with van der Waals surface area (Å²) in [5, 5.41) is 6.67. The van der Waals surface area contributed by atoms with Crippen LogP contribution in [-0.2, 0) is 16.1 Å². The van der Waals surface area contributed by atoms with E-state index in [1.54, 1.807) is 16.7 Å². The summed E-state index contributed by atoms with van der Waals surface area (Å²) >= 11 is 0. The molecule has 0 bridgehead atoms. The highest BCUT2D eigenvalue weighted by atomic mass is 16.5. The Kier molecular flexibility index (Phi) is 7.52. The number of fused-ring (bicyclic) bond motifs is 2. The SMILES string of the molecule is CCn1cc(C(=O)OCC(=O)N2N=C3/C(=C/c4ccccc4)CCC[C@H]3[C@H]2c2ccccc2)c(=O)c2ccc(C)nc21. The number of benzene rings is 2. The predicted molar refractivity (Wildman–Crippen MR) is 162 cm³/mol. The van der Waals surface area contributed by atoms with Gasteiger partial charge in [-0.2, -0.15) is 5.10 Å². The molecule has 1 aliphatic heterocycles. The van der Waals surface area contributed by atoms with E-state index in [1.807, 2.05) is 62.4 Å². The van der Waals surface area contributed by atoms with Crippen LogP contribution >= 0.6 is 0 Å². The number of pyridine rings is 2. The molecular weight excluding hydrogens is 528 g/mol. The topological polar surface area (TPSA) is 93.9 Å². The van der Waals surface area contributed by atoms with Crippen molar-refractivity contribution < 1.29 is 14.3 Å². The van der Waals surface area contributed by atoms with E-state index in [0.717, 1.165) is 47.4 Å². The van der Waals surface area contributed by atoms with Gasteiger partial charge in [0, 0.05) is 24.4 Å². The summed E-state index contributed by atoms with van der Waals surface area (Å²) in [4.78, 5) is 44.4. The highest BCUT2D eigenvalue weighted by Gasteiger charge is 2.43. The molecule has 2 aliphatic rings. The number of hydrogen-bond donors (Lipinski definition) is 0. The van der Waals surface area contributed by atoms with Crippen LogP contribution in [0.4, 0.5) is 0 Å². The fraction of sp³-hybridized carbons (Fsp3) is 0.265. The number of aryl methyl sites for hydroxylation is 2. The molecule has 3 heterocycles. The minimum Gasteiger partial charge on any atom is -0.452 e. The molecule has 4 aromatic rings. The average molecular weight is 561 g/mol. The van der Waals surface area contributed by atoms with Crippen LogP contribution in [0.2, 0.25) is 0 Å². The number of hydrazone groups is 1. The summed E-state index contributed by atoms with van der Waals surface area (Å²) < 4.78 is 7.21. The van der Waals surface area contributed by atoms with Crippen molar-refractivity contribution >= 4 is 34.7 Å². The first-order chi connectivity index (χ1) is 20.4. The number of ether oxygens (including phenoxy) is 1. The molecule has 0 radical (unpaired) electrons. The lowest BCUT2D eigenvalue weighted by Crippen LogP contribution is -2.35. The summed E-state index contributed by atoms with van der Waals surface area (Å²) in [6, 6.07) is 23.1. The molecule has 2 aromatic heterocycles. The summed E-state index contributed by atoms with van der Waals surface area (Å²) in [5.41, 5.74) is 4.77. The van der Waals surface area contributed by atoms with Crippen molar-refractivity contribution in [1.29, 1.82) is 0 Å². The van der Waals surface area contributed by atoms with E-state index in [1.165, 1.54) is 11.2 Å². The molecule has 8 heteroatoms. The molecule has 1 saturated carbocycles. The minimum absolute atomic E-state index is 0.0314. The Hall–Kier alpha value is -4.85. The maximum Gasteiger partial charge on any atom is 0.344 e. The Morgan fingerprint density at radius 3 is 2.50 bits per heavy atom. The Balaban J connectivity index is 1.29. The molecule has 212 valence electrons. The zero-order valence-electron chi connectivity index (χ0n) is 23.7. The maximum atomic E-state index is 13.7. The van der Waals surface area contributed by atoms with Crippen LogP contribution in [0.25, 0.3) is 17.1 Å². The molecule has 1 amide bonds. The molecule has 0 unspecified atom stereocenters. The van der Waals surface area contributed by atoms with Crippen LogP contribution in [0, 0.1) is 12.8 Å². The summed E-state index contributed by atoms with van der Waals surface area (Å²) in [6.45, 7) is 3.73. The second-order valence-electron chi connectivity index (χ2n) is 10.7. The Bertz CT molecular complexity index is 1780. The van der Waals surface area contributed by atoms with Crippen molar-refractivity contribution in [3.63, 3.8) is 0 Å². The molecule has 6 rings (SSSR count). The molecule has 2 aromatic carbocycles. The number of carbonyl (C=O) groups excluding carboxylic acids is 2. The monoisotopic (exact) mass is 560 g/mol. The van der Waals surface area contributed by atoms with Gasteiger partial charge in [0.15, 0.2) is 6.61 Å². The van der Waals surface area contributed by atoms with Gasteiger partial charge in [0.25, 0.3) is 5.91 Å². The lowest BCUT2D eigenvalue weighted by atomic mass is 9.77. The molecule has 0 saturated heterocycles. The lowest BCUT2D eigenvalue weighted by Gasteiger charge is -2.29. The molecule has 0 N–H and O–H groups in total. The number of rotatable bonds is 6. The maximum absolute atomic E-state index is 13.7. The number of nitrogens with zero attached hydrogens (tertiary/aromatic N) is 4. The molecule has 42 heavy (non-hydrogen) atoms. The van der Waals surface area contributed by atoms with Gasteiger partial charge >= 0.3 is 5.97 Å². The van der Waals surface area contributed by atoms with Gasteiger partial charge in [0.1, 0.15) is 11.2 Å². The number of aromatic nitrogens is 2. The third-order valence-electron chi connectivity index (χ3n) is 7.99. The van der Waals surface area contributed by atoms with E-state index in [0.29, 0.717) is 17.6 Å². The first-order valence-corrected chi connectivity index (χ1v) is 14.3. The molecule has 8 nitrogen and oxygen atoms in total. The van der Waals surface area contributed by atoms with Gasteiger partial charge in [-0.25, -0.2) is 14.8 Å². The van der Waals surface area contributed by atoms with Gasteiger partial charge in [0.2, 0.25) is 5.43 Å². The Morgan fingerprint density at radius 2 is 1.76 bits per heavy atom. The summed E-state index contributed by atoms with van der Waals surface area (Å²) in [6.07, 6.45) is 6.37. The Labute approximate surface area is 244 Å².